The van der Waals surface area contributed by atoms with E-state index in [0.29, 0.717) is 5.76 Å². The second-order valence-corrected chi connectivity index (χ2v) is 4.72. The summed E-state index contributed by atoms with van der Waals surface area (Å²) in [6.07, 6.45) is 3.56. The molecule has 0 unspecified atom stereocenters. The zero-order valence-electron chi connectivity index (χ0n) is 9.86. The third kappa shape index (κ3) is 3.47. The van der Waals surface area contributed by atoms with Gasteiger partial charge >= 0.3 is 0 Å². The molecular formula is C14H14BrNO2. The molecule has 1 heterocycles. The van der Waals surface area contributed by atoms with E-state index in [9.17, 15) is 4.79 Å². The normalized spacial score (nSPS) is 10.3. The Labute approximate surface area is 114 Å². The first kappa shape index (κ1) is 12.9. The van der Waals surface area contributed by atoms with E-state index in [-0.39, 0.29) is 5.91 Å². The van der Waals surface area contributed by atoms with Crippen LogP contribution >= 0.6 is 15.9 Å². The maximum atomic E-state index is 11.8. The Hall–Kier alpha value is -1.55. The van der Waals surface area contributed by atoms with Crippen molar-refractivity contribution in [3.05, 3.63) is 54.0 Å². The van der Waals surface area contributed by atoms with E-state index in [2.05, 4.69) is 27.3 Å². The molecule has 3 nitrogen and oxygen atoms in total. The average molecular weight is 308 g/mol. The number of rotatable bonds is 5. The zero-order chi connectivity index (χ0) is 12.8. The lowest BCUT2D eigenvalue weighted by molar-refractivity contribution is 0.0996. The second kappa shape index (κ2) is 6.40. The van der Waals surface area contributed by atoms with Crippen LogP contribution in [0.5, 0.6) is 0 Å². The Bertz CT molecular complexity index is 508. The number of alkyl halides is 1. The molecule has 0 saturated carbocycles. The van der Waals surface area contributed by atoms with Gasteiger partial charge in [0.25, 0.3) is 5.91 Å². The Morgan fingerprint density at radius 1 is 1.28 bits per heavy atom. The molecule has 1 N–H and O–H groups in total. The predicted molar refractivity (Wildman–Crippen MR) is 75.2 cm³/mol. The number of hydrogen-bond donors (Lipinski definition) is 1. The van der Waals surface area contributed by atoms with Gasteiger partial charge in [0.15, 0.2) is 5.76 Å². The van der Waals surface area contributed by atoms with Crippen LogP contribution in [0.3, 0.4) is 0 Å². The van der Waals surface area contributed by atoms with Gasteiger partial charge in [-0.25, -0.2) is 0 Å². The lowest BCUT2D eigenvalue weighted by Crippen LogP contribution is -2.10. The molecule has 1 amide bonds. The fraction of sp³-hybridized carbons (Fsp3) is 0.214. The molecule has 2 aromatic rings. The van der Waals surface area contributed by atoms with E-state index in [0.717, 1.165) is 23.9 Å². The molecule has 18 heavy (non-hydrogen) atoms. The molecule has 0 fully saturated rings. The highest BCUT2D eigenvalue weighted by Crippen LogP contribution is 2.14. The van der Waals surface area contributed by atoms with Gasteiger partial charge in [-0.05, 0) is 42.7 Å². The zero-order valence-corrected chi connectivity index (χ0v) is 11.4. The van der Waals surface area contributed by atoms with Crippen LogP contribution < -0.4 is 5.32 Å². The summed E-state index contributed by atoms with van der Waals surface area (Å²) in [4.78, 5) is 11.8. The molecule has 94 valence electrons. The third-order valence-corrected chi connectivity index (χ3v) is 3.09. The molecular weight excluding hydrogens is 294 g/mol. The van der Waals surface area contributed by atoms with E-state index in [1.807, 2.05) is 18.2 Å². The van der Waals surface area contributed by atoms with Gasteiger partial charge in [-0.3, -0.25) is 4.79 Å². The monoisotopic (exact) mass is 307 g/mol. The topological polar surface area (TPSA) is 42.2 Å². The molecule has 0 aliphatic rings. The number of anilines is 1. The number of carbonyl (C=O) groups excluding carboxylic acids is 1. The van der Waals surface area contributed by atoms with Crippen molar-refractivity contribution in [1.82, 2.24) is 0 Å². The molecule has 0 atom stereocenters. The van der Waals surface area contributed by atoms with Gasteiger partial charge in [-0.15, -0.1) is 0 Å². The Morgan fingerprint density at radius 3 is 2.89 bits per heavy atom. The van der Waals surface area contributed by atoms with Crippen LogP contribution in [0.2, 0.25) is 0 Å². The average Bonchev–Trinajstić information content (AvgIpc) is 2.91. The SMILES string of the molecule is O=C(Nc1cccc(CCCBr)c1)c1ccco1. The number of carbonyl (C=O) groups is 1. The van der Waals surface area contributed by atoms with Crippen LogP contribution in [0.15, 0.2) is 47.1 Å². The van der Waals surface area contributed by atoms with Gasteiger partial charge in [-0.1, -0.05) is 28.1 Å². The summed E-state index contributed by atoms with van der Waals surface area (Å²) in [6, 6.07) is 11.2. The van der Waals surface area contributed by atoms with Gasteiger partial charge in [0.2, 0.25) is 0 Å². The van der Waals surface area contributed by atoms with Crippen LogP contribution in [-0.4, -0.2) is 11.2 Å². The summed E-state index contributed by atoms with van der Waals surface area (Å²) in [5.41, 5.74) is 2.01. The van der Waals surface area contributed by atoms with Crippen molar-refractivity contribution < 1.29 is 9.21 Å². The number of furan rings is 1. The summed E-state index contributed by atoms with van der Waals surface area (Å²) < 4.78 is 5.04. The number of amides is 1. The number of benzene rings is 1. The van der Waals surface area contributed by atoms with Gasteiger partial charge in [-0.2, -0.15) is 0 Å². The summed E-state index contributed by atoms with van der Waals surface area (Å²) >= 11 is 3.41. The first-order chi connectivity index (χ1) is 8.79. The maximum absolute atomic E-state index is 11.8. The van der Waals surface area contributed by atoms with E-state index in [1.54, 1.807) is 12.1 Å². The Morgan fingerprint density at radius 2 is 2.17 bits per heavy atom. The van der Waals surface area contributed by atoms with E-state index < -0.39 is 0 Å². The fourth-order valence-electron chi connectivity index (χ4n) is 1.68. The molecule has 2 rings (SSSR count). The van der Waals surface area contributed by atoms with Crippen LogP contribution in [0.4, 0.5) is 5.69 Å². The summed E-state index contributed by atoms with van der Waals surface area (Å²) in [6.45, 7) is 0. The van der Waals surface area contributed by atoms with E-state index >= 15 is 0 Å². The summed E-state index contributed by atoms with van der Waals surface area (Å²) in [5, 5.41) is 3.80. The molecule has 1 aromatic carbocycles. The third-order valence-electron chi connectivity index (χ3n) is 2.53. The second-order valence-electron chi connectivity index (χ2n) is 3.92. The van der Waals surface area contributed by atoms with Crippen LogP contribution in [0, 0.1) is 0 Å². The number of halogens is 1. The quantitative estimate of drug-likeness (QED) is 0.852. The molecule has 0 bridgehead atoms. The first-order valence-electron chi connectivity index (χ1n) is 5.79. The van der Waals surface area contributed by atoms with Gasteiger partial charge in [0.05, 0.1) is 6.26 Å². The van der Waals surface area contributed by atoms with E-state index in [4.69, 9.17) is 4.42 Å². The summed E-state index contributed by atoms with van der Waals surface area (Å²) in [5.74, 6) is 0.0958. The Balaban J connectivity index is 2.03. The molecule has 0 radical (unpaired) electrons. The lowest BCUT2D eigenvalue weighted by atomic mass is 10.1. The van der Waals surface area contributed by atoms with Crippen molar-refractivity contribution in [2.45, 2.75) is 12.8 Å². The van der Waals surface area contributed by atoms with Gasteiger partial charge < -0.3 is 9.73 Å². The molecule has 0 spiro atoms. The largest absolute Gasteiger partial charge is 0.459 e. The highest BCUT2D eigenvalue weighted by molar-refractivity contribution is 9.09. The number of nitrogens with one attached hydrogen (secondary N) is 1. The molecule has 1 aromatic heterocycles. The molecule has 0 aliphatic carbocycles. The highest BCUT2D eigenvalue weighted by atomic mass is 79.9. The number of hydrogen-bond acceptors (Lipinski definition) is 2. The van der Waals surface area contributed by atoms with Crippen LogP contribution in [-0.2, 0) is 6.42 Å². The predicted octanol–water partition coefficient (Wildman–Crippen LogP) is 3.86. The van der Waals surface area contributed by atoms with Crippen molar-refractivity contribution in [1.29, 1.82) is 0 Å². The minimum atomic E-state index is -0.224. The molecule has 0 saturated heterocycles. The minimum Gasteiger partial charge on any atom is -0.459 e. The van der Waals surface area contributed by atoms with Crippen molar-refractivity contribution in [3.8, 4) is 0 Å². The summed E-state index contributed by atoms with van der Waals surface area (Å²) in [7, 11) is 0. The molecule has 0 aliphatic heterocycles. The molecule has 4 heteroatoms. The van der Waals surface area contributed by atoms with Crippen molar-refractivity contribution in [3.63, 3.8) is 0 Å². The van der Waals surface area contributed by atoms with Crippen molar-refractivity contribution in [2.75, 3.05) is 10.6 Å². The van der Waals surface area contributed by atoms with Crippen LogP contribution in [0.1, 0.15) is 22.5 Å². The smallest absolute Gasteiger partial charge is 0.291 e. The first-order valence-corrected chi connectivity index (χ1v) is 6.91. The van der Waals surface area contributed by atoms with Gasteiger partial charge in [0, 0.05) is 11.0 Å². The van der Waals surface area contributed by atoms with Crippen molar-refractivity contribution >= 4 is 27.5 Å². The Kier molecular flexibility index (Phi) is 4.59. The lowest BCUT2D eigenvalue weighted by Gasteiger charge is -2.05. The fourth-order valence-corrected chi connectivity index (χ4v) is 1.96. The highest BCUT2D eigenvalue weighted by Gasteiger charge is 2.08. The van der Waals surface area contributed by atoms with E-state index in [1.165, 1.54) is 11.8 Å². The van der Waals surface area contributed by atoms with Gasteiger partial charge in [0.1, 0.15) is 0 Å². The van der Waals surface area contributed by atoms with Crippen molar-refractivity contribution in [2.24, 2.45) is 0 Å². The number of aryl methyl sites for hydroxylation is 1. The maximum Gasteiger partial charge on any atom is 0.291 e. The minimum absolute atomic E-state index is 0.224. The standard InChI is InChI=1S/C14H14BrNO2/c15-8-2-5-11-4-1-6-12(10-11)16-14(17)13-7-3-9-18-13/h1,3-4,6-7,9-10H,2,5,8H2,(H,16,17). The van der Waals surface area contributed by atoms with Crippen LogP contribution in [0.25, 0.3) is 0 Å².